The Balaban J connectivity index is 2.17. The molecular weight excluding hydrogens is 343 g/mol. The molecule has 2 amide bonds. The molecule has 0 radical (unpaired) electrons. The Morgan fingerprint density at radius 1 is 1.07 bits per heavy atom. The van der Waals surface area contributed by atoms with Gasteiger partial charge in [0.05, 0.1) is 6.42 Å². The second kappa shape index (κ2) is 10.5. The van der Waals surface area contributed by atoms with Gasteiger partial charge in [-0.15, -0.1) is 0 Å². The van der Waals surface area contributed by atoms with E-state index in [-0.39, 0.29) is 30.6 Å². The molecule has 1 N–H and O–H groups in total. The predicted molar refractivity (Wildman–Crippen MR) is 104 cm³/mol. The Hall–Kier alpha value is -2.69. The van der Waals surface area contributed by atoms with Gasteiger partial charge in [0.2, 0.25) is 11.8 Å². The van der Waals surface area contributed by atoms with Crippen molar-refractivity contribution in [1.29, 1.82) is 0 Å². The van der Waals surface area contributed by atoms with E-state index in [1.807, 2.05) is 37.3 Å². The molecule has 5 heteroatoms. The molecule has 0 aromatic heterocycles. The second-order valence-corrected chi connectivity index (χ2v) is 6.60. The summed E-state index contributed by atoms with van der Waals surface area (Å²) in [4.78, 5) is 26.9. The zero-order chi connectivity index (χ0) is 19.6. The van der Waals surface area contributed by atoms with E-state index in [0.29, 0.717) is 12.1 Å². The van der Waals surface area contributed by atoms with Crippen LogP contribution in [0, 0.1) is 5.82 Å². The van der Waals surface area contributed by atoms with E-state index in [1.54, 1.807) is 25.1 Å². The van der Waals surface area contributed by atoms with E-state index < -0.39 is 6.04 Å². The molecule has 2 aromatic rings. The van der Waals surface area contributed by atoms with Crippen LogP contribution in [-0.2, 0) is 22.6 Å². The molecule has 4 nitrogen and oxygen atoms in total. The standard InChI is InChI=1S/C22H27FN2O2/c1-3-4-14-24-22(27)17(2)25(16-19-12-8-9-13-20(19)23)21(26)15-18-10-6-5-7-11-18/h5-13,17H,3-4,14-16H2,1-2H3,(H,24,27). The number of hydrogen-bond donors (Lipinski definition) is 1. The van der Waals surface area contributed by atoms with Crippen LogP contribution in [0.1, 0.15) is 37.8 Å². The lowest BCUT2D eigenvalue weighted by molar-refractivity contribution is -0.140. The number of nitrogens with one attached hydrogen (secondary N) is 1. The van der Waals surface area contributed by atoms with Crippen molar-refractivity contribution in [2.75, 3.05) is 6.54 Å². The van der Waals surface area contributed by atoms with Gasteiger partial charge in [0.1, 0.15) is 11.9 Å². The number of carbonyl (C=O) groups is 2. The maximum Gasteiger partial charge on any atom is 0.242 e. The van der Waals surface area contributed by atoms with Crippen molar-refractivity contribution >= 4 is 11.8 Å². The summed E-state index contributed by atoms with van der Waals surface area (Å²) in [6.07, 6.45) is 2.02. The van der Waals surface area contributed by atoms with Crippen LogP contribution in [0.2, 0.25) is 0 Å². The molecule has 144 valence electrons. The van der Waals surface area contributed by atoms with Crippen LogP contribution in [0.4, 0.5) is 4.39 Å². The molecule has 1 atom stereocenters. The van der Waals surface area contributed by atoms with Crippen LogP contribution >= 0.6 is 0 Å². The fraction of sp³-hybridized carbons (Fsp3) is 0.364. The molecule has 0 aliphatic heterocycles. The fourth-order valence-corrected chi connectivity index (χ4v) is 2.80. The number of hydrogen-bond acceptors (Lipinski definition) is 2. The normalized spacial score (nSPS) is 11.7. The molecule has 0 heterocycles. The predicted octanol–water partition coefficient (Wildman–Crippen LogP) is 3.70. The summed E-state index contributed by atoms with van der Waals surface area (Å²) in [6.45, 7) is 4.36. The largest absolute Gasteiger partial charge is 0.354 e. The molecule has 1 unspecified atom stereocenters. The lowest BCUT2D eigenvalue weighted by Crippen LogP contribution is -2.48. The molecule has 0 aliphatic rings. The Bertz CT molecular complexity index is 749. The van der Waals surface area contributed by atoms with Crippen molar-refractivity contribution in [3.8, 4) is 0 Å². The van der Waals surface area contributed by atoms with Gasteiger partial charge < -0.3 is 10.2 Å². The zero-order valence-corrected chi connectivity index (χ0v) is 16.0. The van der Waals surface area contributed by atoms with Gasteiger partial charge in [-0.2, -0.15) is 0 Å². The number of rotatable bonds is 9. The van der Waals surface area contributed by atoms with E-state index >= 15 is 0 Å². The molecule has 2 rings (SSSR count). The second-order valence-electron chi connectivity index (χ2n) is 6.60. The van der Waals surface area contributed by atoms with Gasteiger partial charge in [0.15, 0.2) is 0 Å². The Kier molecular flexibility index (Phi) is 7.99. The van der Waals surface area contributed by atoms with E-state index in [1.165, 1.54) is 11.0 Å². The first kappa shape index (κ1) is 20.6. The fourth-order valence-electron chi connectivity index (χ4n) is 2.80. The zero-order valence-electron chi connectivity index (χ0n) is 16.0. The minimum absolute atomic E-state index is 0.0563. The van der Waals surface area contributed by atoms with Crippen LogP contribution in [0.25, 0.3) is 0 Å². The molecule has 0 bridgehead atoms. The third kappa shape index (κ3) is 6.20. The van der Waals surface area contributed by atoms with Gasteiger partial charge >= 0.3 is 0 Å². The summed E-state index contributed by atoms with van der Waals surface area (Å²) >= 11 is 0. The Morgan fingerprint density at radius 3 is 2.41 bits per heavy atom. The number of amides is 2. The number of benzene rings is 2. The minimum Gasteiger partial charge on any atom is -0.354 e. The lowest BCUT2D eigenvalue weighted by Gasteiger charge is -2.29. The summed E-state index contributed by atoms with van der Waals surface area (Å²) in [5, 5.41) is 2.86. The first-order valence-corrected chi connectivity index (χ1v) is 9.37. The highest BCUT2D eigenvalue weighted by molar-refractivity contribution is 5.88. The van der Waals surface area contributed by atoms with Crippen LogP contribution < -0.4 is 5.32 Å². The first-order valence-electron chi connectivity index (χ1n) is 9.37. The van der Waals surface area contributed by atoms with Crippen LogP contribution in [0.3, 0.4) is 0 Å². The van der Waals surface area contributed by atoms with Gasteiger partial charge in [0.25, 0.3) is 0 Å². The Morgan fingerprint density at radius 2 is 1.74 bits per heavy atom. The maximum atomic E-state index is 14.1. The van der Waals surface area contributed by atoms with Crippen molar-refractivity contribution in [1.82, 2.24) is 10.2 Å². The monoisotopic (exact) mass is 370 g/mol. The third-order valence-electron chi connectivity index (χ3n) is 4.49. The summed E-state index contributed by atoms with van der Waals surface area (Å²) in [5.41, 5.74) is 1.26. The smallest absolute Gasteiger partial charge is 0.242 e. The first-order chi connectivity index (χ1) is 13.0. The highest BCUT2D eigenvalue weighted by Gasteiger charge is 2.26. The van der Waals surface area contributed by atoms with Gasteiger partial charge in [-0.05, 0) is 25.0 Å². The Labute approximate surface area is 160 Å². The van der Waals surface area contributed by atoms with E-state index in [0.717, 1.165) is 18.4 Å². The van der Waals surface area contributed by atoms with E-state index in [2.05, 4.69) is 5.32 Å². The molecular formula is C22H27FN2O2. The number of nitrogens with zero attached hydrogens (tertiary/aromatic N) is 1. The topological polar surface area (TPSA) is 49.4 Å². The molecule has 0 aliphatic carbocycles. The van der Waals surface area contributed by atoms with Crippen molar-refractivity contribution in [3.05, 3.63) is 71.5 Å². The summed E-state index contributed by atoms with van der Waals surface area (Å²) in [6, 6.07) is 15.0. The minimum atomic E-state index is -0.683. The van der Waals surface area contributed by atoms with Gasteiger partial charge in [0, 0.05) is 18.7 Å². The van der Waals surface area contributed by atoms with Crippen molar-refractivity contribution < 1.29 is 14.0 Å². The molecule has 0 spiro atoms. The summed E-state index contributed by atoms with van der Waals surface area (Å²) < 4.78 is 14.1. The molecule has 27 heavy (non-hydrogen) atoms. The quantitative estimate of drug-likeness (QED) is 0.684. The molecule has 0 saturated carbocycles. The van der Waals surface area contributed by atoms with Crippen molar-refractivity contribution in [2.45, 2.75) is 45.7 Å². The summed E-state index contributed by atoms with van der Waals surface area (Å²) in [7, 11) is 0. The van der Waals surface area contributed by atoms with E-state index in [9.17, 15) is 14.0 Å². The van der Waals surface area contributed by atoms with Crippen molar-refractivity contribution in [2.24, 2.45) is 0 Å². The average molecular weight is 370 g/mol. The summed E-state index contributed by atoms with van der Waals surface area (Å²) in [5.74, 6) is -0.808. The van der Waals surface area contributed by atoms with E-state index in [4.69, 9.17) is 0 Å². The maximum absolute atomic E-state index is 14.1. The SMILES string of the molecule is CCCCNC(=O)C(C)N(Cc1ccccc1F)C(=O)Cc1ccccc1. The van der Waals surface area contributed by atoms with Gasteiger partial charge in [-0.1, -0.05) is 61.9 Å². The van der Waals surface area contributed by atoms with Crippen LogP contribution in [0.5, 0.6) is 0 Å². The lowest BCUT2D eigenvalue weighted by atomic mass is 10.1. The highest BCUT2D eigenvalue weighted by Crippen LogP contribution is 2.15. The number of halogens is 1. The molecule has 0 fully saturated rings. The molecule has 2 aromatic carbocycles. The van der Waals surface area contributed by atoms with Gasteiger partial charge in [-0.3, -0.25) is 9.59 Å². The number of carbonyl (C=O) groups excluding carboxylic acids is 2. The number of unbranched alkanes of at least 4 members (excludes halogenated alkanes) is 1. The van der Waals surface area contributed by atoms with Gasteiger partial charge in [-0.25, -0.2) is 4.39 Å². The van der Waals surface area contributed by atoms with Crippen molar-refractivity contribution in [3.63, 3.8) is 0 Å². The highest BCUT2D eigenvalue weighted by atomic mass is 19.1. The third-order valence-corrected chi connectivity index (χ3v) is 4.49. The van der Waals surface area contributed by atoms with Crippen LogP contribution in [0.15, 0.2) is 54.6 Å². The van der Waals surface area contributed by atoms with Crippen LogP contribution in [-0.4, -0.2) is 29.3 Å². The molecule has 0 saturated heterocycles. The average Bonchev–Trinajstić information content (AvgIpc) is 2.67.